The minimum absolute atomic E-state index is 0.698. The first kappa shape index (κ1) is 11.2. The summed E-state index contributed by atoms with van der Waals surface area (Å²) in [4.78, 5) is 0. The van der Waals surface area contributed by atoms with Gasteiger partial charge in [-0.3, -0.25) is 0 Å². The van der Waals surface area contributed by atoms with Gasteiger partial charge in [0.2, 0.25) is 0 Å². The first-order valence-electron chi connectivity index (χ1n) is 5.43. The van der Waals surface area contributed by atoms with Crippen LogP contribution in [0.3, 0.4) is 0 Å². The maximum absolute atomic E-state index is 5.49. The number of hydrogen-bond acceptors (Lipinski definition) is 1. The summed E-state index contributed by atoms with van der Waals surface area (Å²) in [7, 11) is 0.698. The van der Waals surface area contributed by atoms with Crippen LogP contribution in [-0.2, 0) is 0 Å². The third-order valence-corrected chi connectivity index (χ3v) is 3.43. The Labute approximate surface area is 98.2 Å². The van der Waals surface area contributed by atoms with Gasteiger partial charge < -0.3 is 4.74 Å². The lowest BCUT2D eigenvalue weighted by atomic mass is 10.3. The molecule has 0 N–H and O–H groups in total. The predicted octanol–water partition coefficient (Wildman–Crippen LogP) is 2.71. The molecule has 2 aromatic carbocycles. The van der Waals surface area contributed by atoms with Crippen molar-refractivity contribution >= 4 is 19.2 Å². The first-order valence-corrected chi connectivity index (χ1v) is 6.43. The Morgan fingerprint density at radius 1 is 0.938 bits per heavy atom. The molecule has 0 aliphatic heterocycles. The van der Waals surface area contributed by atoms with E-state index >= 15 is 0 Å². The van der Waals surface area contributed by atoms with Crippen LogP contribution in [0, 0.1) is 0 Å². The largest absolute Gasteiger partial charge is 0.494 e. The standard InChI is InChI=1S/C14H15OP/c1-2-15-12-7-6-10-14(11-12)16-13-8-4-3-5-9-13/h3-11,16H,2H2,1H3. The summed E-state index contributed by atoms with van der Waals surface area (Å²) in [5.74, 6) is 0.962. The molecule has 2 heteroatoms. The van der Waals surface area contributed by atoms with E-state index in [0.29, 0.717) is 8.58 Å². The molecule has 2 rings (SSSR count). The zero-order valence-electron chi connectivity index (χ0n) is 9.31. The van der Waals surface area contributed by atoms with Gasteiger partial charge in [0.1, 0.15) is 5.75 Å². The average Bonchev–Trinajstić information content (AvgIpc) is 2.31. The van der Waals surface area contributed by atoms with E-state index in [1.165, 1.54) is 10.6 Å². The molecule has 0 heterocycles. The topological polar surface area (TPSA) is 9.23 Å². The highest BCUT2D eigenvalue weighted by atomic mass is 31.1. The molecule has 0 radical (unpaired) electrons. The molecule has 1 unspecified atom stereocenters. The number of benzene rings is 2. The second-order valence-corrected chi connectivity index (χ2v) is 4.86. The molecule has 0 saturated carbocycles. The minimum atomic E-state index is 0.698. The summed E-state index contributed by atoms with van der Waals surface area (Å²) in [6.45, 7) is 2.73. The van der Waals surface area contributed by atoms with Crippen molar-refractivity contribution in [2.24, 2.45) is 0 Å². The molecule has 0 saturated heterocycles. The van der Waals surface area contributed by atoms with E-state index in [1.807, 2.05) is 19.1 Å². The van der Waals surface area contributed by atoms with Gasteiger partial charge in [-0.15, -0.1) is 0 Å². The maximum Gasteiger partial charge on any atom is 0.119 e. The van der Waals surface area contributed by atoms with Gasteiger partial charge in [0.25, 0.3) is 0 Å². The maximum atomic E-state index is 5.49. The van der Waals surface area contributed by atoms with Crippen LogP contribution in [0.5, 0.6) is 5.75 Å². The Morgan fingerprint density at radius 3 is 2.44 bits per heavy atom. The summed E-state index contributed by atoms with van der Waals surface area (Å²) in [6.07, 6.45) is 0. The minimum Gasteiger partial charge on any atom is -0.494 e. The van der Waals surface area contributed by atoms with Gasteiger partial charge in [0.15, 0.2) is 0 Å². The molecule has 1 atom stereocenters. The Morgan fingerprint density at radius 2 is 1.69 bits per heavy atom. The average molecular weight is 230 g/mol. The van der Waals surface area contributed by atoms with Crippen molar-refractivity contribution < 1.29 is 4.74 Å². The van der Waals surface area contributed by atoms with Crippen LogP contribution in [-0.4, -0.2) is 6.61 Å². The SMILES string of the molecule is CCOc1cccc(Pc2ccccc2)c1. The summed E-state index contributed by atoms with van der Waals surface area (Å²) < 4.78 is 5.49. The summed E-state index contributed by atoms with van der Waals surface area (Å²) in [5.41, 5.74) is 0. The normalized spacial score (nSPS) is 10.8. The van der Waals surface area contributed by atoms with Gasteiger partial charge in [-0.05, 0) is 29.7 Å². The van der Waals surface area contributed by atoms with E-state index in [1.54, 1.807) is 0 Å². The van der Waals surface area contributed by atoms with Gasteiger partial charge >= 0.3 is 0 Å². The highest BCUT2D eigenvalue weighted by Gasteiger charge is 1.97. The monoisotopic (exact) mass is 230 g/mol. The third-order valence-electron chi connectivity index (χ3n) is 2.21. The fourth-order valence-corrected chi connectivity index (χ4v) is 2.60. The number of ether oxygens (including phenoxy) is 1. The summed E-state index contributed by atoms with van der Waals surface area (Å²) >= 11 is 0. The molecular formula is C14H15OP. The van der Waals surface area contributed by atoms with Crippen molar-refractivity contribution in [3.63, 3.8) is 0 Å². The lowest BCUT2D eigenvalue weighted by molar-refractivity contribution is 0.340. The molecule has 0 aliphatic carbocycles. The van der Waals surface area contributed by atoms with Crippen molar-refractivity contribution in [2.45, 2.75) is 6.92 Å². The van der Waals surface area contributed by atoms with Crippen molar-refractivity contribution in [1.29, 1.82) is 0 Å². The van der Waals surface area contributed by atoms with Crippen molar-refractivity contribution in [2.75, 3.05) is 6.61 Å². The van der Waals surface area contributed by atoms with Gasteiger partial charge in [0.05, 0.1) is 6.61 Å². The molecular weight excluding hydrogens is 215 g/mol. The molecule has 82 valence electrons. The van der Waals surface area contributed by atoms with Crippen molar-refractivity contribution in [3.05, 3.63) is 54.6 Å². The number of rotatable bonds is 4. The van der Waals surface area contributed by atoms with Crippen LogP contribution < -0.4 is 15.3 Å². The smallest absolute Gasteiger partial charge is 0.119 e. The van der Waals surface area contributed by atoms with Crippen molar-refractivity contribution in [1.82, 2.24) is 0 Å². The highest BCUT2D eigenvalue weighted by molar-refractivity contribution is 7.55. The van der Waals surface area contributed by atoms with Crippen LogP contribution >= 0.6 is 8.58 Å². The van der Waals surface area contributed by atoms with E-state index in [4.69, 9.17) is 4.74 Å². The van der Waals surface area contributed by atoms with Gasteiger partial charge in [-0.2, -0.15) is 0 Å². The molecule has 0 fully saturated rings. The molecule has 0 aliphatic rings. The van der Waals surface area contributed by atoms with Crippen LogP contribution in [0.25, 0.3) is 0 Å². The molecule has 0 bridgehead atoms. The van der Waals surface area contributed by atoms with Gasteiger partial charge in [0, 0.05) is 0 Å². The quantitative estimate of drug-likeness (QED) is 0.734. The number of hydrogen-bond donors (Lipinski definition) is 0. The van der Waals surface area contributed by atoms with Crippen LogP contribution in [0.1, 0.15) is 6.92 Å². The van der Waals surface area contributed by atoms with E-state index in [9.17, 15) is 0 Å². The second-order valence-electron chi connectivity index (χ2n) is 3.45. The molecule has 2 aromatic rings. The van der Waals surface area contributed by atoms with Crippen LogP contribution in [0.4, 0.5) is 0 Å². The zero-order chi connectivity index (χ0) is 11.2. The Balaban J connectivity index is 2.12. The Hall–Kier alpha value is -1.33. The predicted molar refractivity (Wildman–Crippen MR) is 71.6 cm³/mol. The highest BCUT2D eigenvalue weighted by Crippen LogP contribution is 2.15. The fraction of sp³-hybridized carbons (Fsp3) is 0.143. The molecule has 0 aromatic heterocycles. The van der Waals surface area contributed by atoms with E-state index < -0.39 is 0 Å². The summed E-state index contributed by atoms with van der Waals surface area (Å²) in [6, 6.07) is 18.8. The van der Waals surface area contributed by atoms with Gasteiger partial charge in [-0.25, -0.2) is 0 Å². The molecule has 0 spiro atoms. The second kappa shape index (κ2) is 5.67. The van der Waals surface area contributed by atoms with E-state index in [0.717, 1.165) is 12.4 Å². The third kappa shape index (κ3) is 3.08. The molecule has 16 heavy (non-hydrogen) atoms. The van der Waals surface area contributed by atoms with E-state index in [2.05, 4.69) is 42.5 Å². The van der Waals surface area contributed by atoms with Crippen LogP contribution in [0.2, 0.25) is 0 Å². The van der Waals surface area contributed by atoms with Crippen molar-refractivity contribution in [3.8, 4) is 5.75 Å². The molecule has 1 nitrogen and oxygen atoms in total. The van der Waals surface area contributed by atoms with E-state index in [-0.39, 0.29) is 0 Å². The summed E-state index contributed by atoms with van der Waals surface area (Å²) in [5, 5.41) is 2.67. The lowest BCUT2D eigenvalue weighted by Gasteiger charge is -2.06. The van der Waals surface area contributed by atoms with Crippen LogP contribution in [0.15, 0.2) is 54.6 Å². The lowest BCUT2D eigenvalue weighted by Crippen LogP contribution is -2.03. The Bertz CT molecular complexity index is 439. The fourth-order valence-electron chi connectivity index (χ4n) is 1.52. The first-order chi connectivity index (χ1) is 7.88. The van der Waals surface area contributed by atoms with Gasteiger partial charge in [-0.1, -0.05) is 51.0 Å². The zero-order valence-corrected chi connectivity index (χ0v) is 10.3. The Kier molecular flexibility index (Phi) is 3.96. The molecule has 0 amide bonds.